The number of thiocarbonyl (C=S) groups is 1. The fourth-order valence-electron chi connectivity index (χ4n) is 4.32. The Morgan fingerprint density at radius 2 is 1.50 bits per heavy atom. The molecular weight excluding hydrogens is 474 g/mol. The van der Waals surface area contributed by atoms with Crippen molar-refractivity contribution in [3.8, 4) is 0 Å². The van der Waals surface area contributed by atoms with Crippen LogP contribution in [0.3, 0.4) is 0 Å². The molecule has 1 aliphatic rings. The Hall–Kier alpha value is -3.65. The maximum Gasteiger partial charge on any atom is 0.336 e. The molecule has 0 fully saturated rings. The number of hydrogen-bond acceptors (Lipinski definition) is 6. The maximum absolute atomic E-state index is 13.0. The summed E-state index contributed by atoms with van der Waals surface area (Å²) in [6.45, 7) is 9.64. The number of dihydropyridines is 1. The summed E-state index contributed by atoms with van der Waals surface area (Å²) in [5.74, 6) is -1.62. The molecule has 8 heteroatoms. The first kappa shape index (κ1) is 26.9. The quantitative estimate of drug-likeness (QED) is 0.323. The van der Waals surface area contributed by atoms with Crippen LogP contribution in [0, 0.1) is 0 Å². The minimum atomic E-state index is -0.659. The topological polar surface area (TPSA) is 88.7 Å². The molecule has 36 heavy (non-hydrogen) atoms. The van der Waals surface area contributed by atoms with Crippen molar-refractivity contribution in [2.24, 2.45) is 0 Å². The molecule has 0 unspecified atom stereocenters. The molecule has 7 nitrogen and oxygen atoms in total. The molecule has 1 heterocycles. The van der Waals surface area contributed by atoms with Crippen molar-refractivity contribution in [3.05, 3.63) is 82.2 Å². The Balaban J connectivity index is 1.97. The van der Waals surface area contributed by atoms with Crippen molar-refractivity contribution in [3.63, 3.8) is 0 Å². The number of allylic oxidation sites excluding steroid dienone is 2. The van der Waals surface area contributed by atoms with E-state index in [1.54, 1.807) is 27.7 Å². The summed E-state index contributed by atoms with van der Waals surface area (Å²) in [7, 11) is 0. The fourth-order valence-corrected chi connectivity index (χ4v) is 4.55. The summed E-state index contributed by atoms with van der Waals surface area (Å²) in [5, 5.41) is 10.1. The molecule has 0 amide bonds. The predicted octanol–water partition coefficient (Wildman–Crippen LogP) is 5.42. The minimum Gasteiger partial charge on any atom is -0.463 e. The predicted molar refractivity (Wildman–Crippen MR) is 147 cm³/mol. The summed E-state index contributed by atoms with van der Waals surface area (Å²) < 4.78 is 10.7. The van der Waals surface area contributed by atoms with Crippen molar-refractivity contribution in [1.82, 2.24) is 5.32 Å². The lowest BCUT2D eigenvalue weighted by atomic mass is 9.80. The number of hydrogen-bond donors (Lipinski definition) is 3. The van der Waals surface area contributed by atoms with E-state index in [4.69, 9.17) is 21.7 Å². The van der Waals surface area contributed by atoms with E-state index in [1.165, 1.54) is 0 Å². The van der Waals surface area contributed by atoms with Gasteiger partial charge in [-0.2, -0.15) is 0 Å². The molecule has 2 aromatic rings. The van der Waals surface area contributed by atoms with Crippen molar-refractivity contribution in [2.75, 3.05) is 23.8 Å². The largest absolute Gasteiger partial charge is 0.463 e. The number of benzene rings is 2. The first-order chi connectivity index (χ1) is 17.3. The van der Waals surface area contributed by atoms with Gasteiger partial charge in [0.15, 0.2) is 5.11 Å². The SMILES string of the molecule is CCOC(=O)C1=C(C)NC(C)=C(C(=O)OCC)C1c1cccc(NC(=S)Nc2ccccc2CC)c1. The van der Waals surface area contributed by atoms with E-state index in [0.29, 0.717) is 27.7 Å². The molecule has 2 aromatic carbocycles. The average molecular weight is 508 g/mol. The van der Waals surface area contributed by atoms with Gasteiger partial charge in [0, 0.05) is 22.8 Å². The molecule has 0 aliphatic carbocycles. The molecule has 0 saturated heterocycles. The smallest absolute Gasteiger partial charge is 0.336 e. The highest BCUT2D eigenvalue weighted by Crippen LogP contribution is 2.40. The number of aryl methyl sites for hydroxylation is 1. The fraction of sp³-hybridized carbons (Fsp3) is 0.321. The number of rotatable bonds is 8. The van der Waals surface area contributed by atoms with Gasteiger partial charge in [-0.25, -0.2) is 9.59 Å². The van der Waals surface area contributed by atoms with Crippen molar-refractivity contribution >= 4 is 40.6 Å². The number of nitrogens with one attached hydrogen (secondary N) is 3. The molecule has 0 saturated carbocycles. The lowest BCUT2D eigenvalue weighted by Gasteiger charge is -2.30. The Kier molecular flexibility index (Phi) is 9.25. The molecule has 3 N–H and O–H groups in total. The minimum absolute atomic E-state index is 0.223. The van der Waals surface area contributed by atoms with Gasteiger partial charge in [-0.15, -0.1) is 0 Å². The van der Waals surface area contributed by atoms with Crippen molar-refractivity contribution in [2.45, 2.75) is 47.0 Å². The Bertz CT molecular complexity index is 1180. The summed E-state index contributed by atoms with van der Waals surface area (Å²) >= 11 is 5.56. The van der Waals surface area contributed by atoms with E-state index < -0.39 is 17.9 Å². The highest BCUT2D eigenvalue weighted by Gasteiger charge is 2.38. The van der Waals surface area contributed by atoms with Crippen molar-refractivity contribution in [1.29, 1.82) is 0 Å². The van der Waals surface area contributed by atoms with Gasteiger partial charge in [-0.3, -0.25) is 0 Å². The zero-order chi connectivity index (χ0) is 26.2. The second-order valence-electron chi connectivity index (χ2n) is 8.29. The third-order valence-corrected chi connectivity index (χ3v) is 6.08. The highest BCUT2D eigenvalue weighted by atomic mass is 32.1. The number of ether oxygens (including phenoxy) is 2. The Morgan fingerprint density at radius 1 is 0.889 bits per heavy atom. The van der Waals surface area contributed by atoms with E-state index in [0.717, 1.165) is 28.9 Å². The molecular formula is C28H33N3O4S. The molecule has 0 radical (unpaired) electrons. The molecule has 1 aliphatic heterocycles. The van der Waals surface area contributed by atoms with Gasteiger partial charge >= 0.3 is 11.9 Å². The second-order valence-corrected chi connectivity index (χ2v) is 8.70. The van der Waals surface area contributed by atoms with E-state index in [1.807, 2.05) is 42.5 Å². The van der Waals surface area contributed by atoms with E-state index in [2.05, 4.69) is 28.9 Å². The third-order valence-electron chi connectivity index (χ3n) is 5.88. The highest BCUT2D eigenvalue weighted by molar-refractivity contribution is 7.80. The van der Waals surface area contributed by atoms with Gasteiger partial charge in [0.1, 0.15) is 0 Å². The summed E-state index contributed by atoms with van der Waals surface area (Å²) in [6, 6.07) is 15.5. The van der Waals surface area contributed by atoms with Crippen LogP contribution in [-0.4, -0.2) is 30.3 Å². The van der Waals surface area contributed by atoms with Gasteiger partial charge in [-0.1, -0.05) is 37.3 Å². The van der Waals surface area contributed by atoms with Crippen LogP contribution in [0.15, 0.2) is 71.1 Å². The van der Waals surface area contributed by atoms with Crippen LogP contribution in [0.5, 0.6) is 0 Å². The summed E-state index contributed by atoms with van der Waals surface area (Å²) in [6.07, 6.45) is 0.877. The molecule has 0 spiro atoms. The van der Waals surface area contributed by atoms with Gasteiger partial charge in [0.05, 0.1) is 30.3 Å². The Morgan fingerprint density at radius 3 is 2.08 bits per heavy atom. The summed E-state index contributed by atoms with van der Waals surface area (Å²) in [5.41, 5.74) is 5.58. The number of carbonyl (C=O) groups excluding carboxylic acids is 2. The lowest BCUT2D eigenvalue weighted by molar-refractivity contribution is -0.139. The molecule has 0 atom stereocenters. The first-order valence-corrected chi connectivity index (χ1v) is 12.5. The van der Waals surface area contributed by atoms with E-state index in [9.17, 15) is 9.59 Å². The number of esters is 2. The average Bonchev–Trinajstić information content (AvgIpc) is 2.84. The van der Waals surface area contributed by atoms with Crippen LogP contribution in [-0.2, 0) is 25.5 Å². The van der Waals surface area contributed by atoms with Crippen LogP contribution < -0.4 is 16.0 Å². The van der Waals surface area contributed by atoms with Crippen LogP contribution in [0.2, 0.25) is 0 Å². The second kappa shape index (κ2) is 12.4. The van der Waals surface area contributed by atoms with Crippen LogP contribution >= 0.6 is 12.2 Å². The number of carbonyl (C=O) groups is 2. The lowest BCUT2D eigenvalue weighted by Crippen LogP contribution is -2.32. The van der Waals surface area contributed by atoms with Gasteiger partial charge in [0.2, 0.25) is 0 Å². The monoisotopic (exact) mass is 507 g/mol. The normalized spacial score (nSPS) is 13.7. The van der Waals surface area contributed by atoms with Gasteiger partial charge < -0.3 is 25.4 Å². The van der Waals surface area contributed by atoms with Crippen molar-refractivity contribution < 1.29 is 19.1 Å². The molecule has 3 rings (SSSR count). The van der Waals surface area contributed by atoms with Crippen LogP contribution in [0.25, 0.3) is 0 Å². The Labute approximate surface area is 218 Å². The van der Waals surface area contributed by atoms with E-state index in [-0.39, 0.29) is 13.2 Å². The van der Waals surface area contributed by atoms with Gasteiger partial charge in [0.25, 0.3) is 0 Å². The van der Waals surface area contributed by atoms with Crippen LogP contribution in [0.4, 0.5) is 11.4 Å². The maximum atomic E-state index is 13.0. The zero-order valence-corrected chi connectivity index (χ0v) is 22.2. The molecule has 0 bridgehead atoms. The molecule has 190 valence electrons. The standard InChI is InChI=1S/C28H33N3O4S/c1-6-19-12-9-10-15-22(19)31-28(36)30-21-14-11-13-20(16-21)25-23(26(32)34-7-2)17(4)29-18(5)24(25)27(33)35-8-3/h9-16,25,29H,6-8H2,1-5H3,(H2,30,31,36). The number of para-hydroxylation sites is 1. The van der Waals surface area contributed by atoms with Gasteiger partial charge in [-0.05, 0) is 75.7 Å². The van der Waals surface area contributed by atoms with Crippen LogP contribution in [0.1, 0.15) is 51.7 Å². The summed E-state index contributed by atoms with van der Waals surface area (Å²) in [4.78, 5) is 26.0. The van der Waals surface area contributed by atoms with E-state index >= 15 is 0 Å². The number of anilines is 2. The first-order valence-electron chi connectivity index (χ1n) is 12.1. The zero-order valence-electron chi connectivity index (χ0n) is 21.4. The third kappa shape index (κ3) is 6.12. The molecule has 0 aromatic heterocycles.